The zero-order valence-electron chi connectivity index (χ0n) is 10.4. The zero-order valence-corrected chi connectivity index (χ0v) is 12.1. The van der Waals surface area contributed by atoms with Crippen molar-refractivity contribution < 1.29 is 9.47 Å². The van der Waals surface area contributed by atoms with Crippen molar-refractivity contribution in [3.05, 3.63) is 23.8 Å². The van der Waals surface area contributed by atoms with Crippen molar-refractivity contribution in [1.82, 2.24) is 5.32 Å². The first-order valence-electron chi connectivity index (χ1n) is 5.75. The minimum atomic E-state index is 0. The minimum Gasteiger partial charge on any atom is -0.493 e. The van der Waals surface area contributed by atoms with E-state index >= 15 is 0 Å². The molecule has 1 aliphatic heterocycles. The molecular weight excluding hydrogens is 282 g/mol. The zero-order chi connectivity index (χ0) is 11.4. The Morgan fingerprint density at radius 1 is 1.18 bits per heavy atom. The van der Waals surface area contributed by atoms with Gasteiger partial charge in [0.25, 0.3) is 0 Å². The highest BCUT2D eigenvalue weighted by molar-refractivity contribution is 8.93. The van der Waals surface area contributed by atoms with Crippen LogP contribution in [0.5, 0.6) is 11.5 Å². The summed E-state index contributed by atoms with van der Waals surface area (Å²) in [7, 11) is 3.34. The van der Waals surface area contributed by atoms with Crippen molar-refractivity contribution in [2.75, 3.05) is 27.3 Å². The average molecular weight is 302 g/mol. The highest BCUT2D eigenvalue weighted by Crippen LogP contribution is 2.28. The summed E-state index contributed by atoms with van der Waals surface area (Å²) in [6, 6.07) is 6.17. The molecular formula is C13H20BrNO2. The number of methoxy groups -OCH3 is 2. The first-order valence-corrected chi connectivity index (χ1v) is 5.75. The Labute approximate surface area is 113 Å². The topological polar surface area (TPSA) is 30.5 Å². The molecule has 0 aliphatic carbocycles. The van der Waals surface area contributed by atoms with Crippen LogP contribution in [0.4, 0.5) is 0 Å². The van der Waals surface area contributed by atoms with Gasteiger partial charge in [-0.15, -0.1) is 17.0 Å². The van der Waals surface area contributed by atoms with E-state index in [9.17, 15) is 0 Å². The normalized spacial score (nSPS) is 14.7. The van der Waals surface area contributed by atoms with Gasteiger partial charge in [0.1, 0.15) is 0 Å². The molecule has 0 saturated carbocycles. The molecule has 0 spiro atoms. The quantitative estimate of drug-likeness (QED) is 0.906. The summed E-state index contributed by atoms with van der Waals surface area (Å²) in [4.78, 5) is 0. The lowest BCUT2D eigenvalue weighted by Gasteiger charge is -2.27. The molecule has 96 valence electrons. The van der Waals surface area contributed by atoms with Crippen molar-refractivity contribution in [2.24, 2.45) is 5.92 Å². The lowest BCUT2D eigenvalue weighted by Crippen LogP contribution is -2.42. The van der Waals surface area contributed by atoms with Gasteiger partial charge >= 0.3 is 0 Å². The number of hydrogen-bond acceptors (Lipinski definition) is 3. The molecule has 0 amide bonds. The third-order valence-electron chi connectivity index (χ3n) is 3.16. The summed E-state index contributed by atoms with van der Waals surface area (Å²) in [6.45, 7) is 2.35. The van der Waals surface area contributed by atoms with Gasteiger partial charge in [0.2, 0.25) is 0 Å². The second-order valence-corrected chi connectivity index (χ2v) is 4.25. The van der Waals surface area contributed by atoms with E-state index < -0.39 is 0 Å². The van der Waals surface area contributed by atoms with Gasteiger partial charge in [0, 0.05) is 0 Å². The van der Waals surface area contributed by atoms with Crippen molar-refractivity contribution in [2.45, 2.75) is 12.8 Å². The Kier molecular flexibility index (Phi) is 5.78. The summed E-state index contributed by atoms with van der Waals surface area (Å²) in [5, 5.41) is 3.29. The van der Waals surface area contributed by atoms with Gasteiger partial charge in [0.15, 0.2) is 11.5 Å². The highest BCUT2D eigenvalue weighted by atomic mass is 79.9. The van der Waals surface area contributed by atoms with Crippen molar-refractivity contribution in [3.8, 4) is 11.5 Å². The van der Waals surface area contributed by atoms with Gasteiger partial charge in [0.05, 0.1) is 14.2 Å². The summed E-state index contributed by atoms with van der Waals surface area (Å²) in [5.41, 5.74) is 1.32. The Hall–Kier alpha value is -0.740. The van der Waals surface area contributed by atoms with E-state index in [1.54, 1.807) is 14.2 Å². The van der Waals surface area contributed by atoms with E-state index in [1.807, 2.05) is 6.07 Å². The number of halogens is 1. The van der Waals surface area contributed by atoms with Crippen LogP contribution in [-0.2, 0) is 6.42 Å². The molecule has 1 aromatic rings. The Morgan fingerprint density at radius 3 is 2.41 bits per heavy atom. The number of ether oxygens (including phenoxy) is 2. The fourth-order valence-corrected chi connectivity index (χ4v) is 1.96. The second-order valence-electron chi connectivity index (χ2n) is 4.25. The van der Waals surface area contributed by atoms with Gasteiger partial charge in [-0.1, -0.05) is 6.07 Å². The molecule has 0 aromatic heterocycles. The summed E-state index contributed by atoms with van der Waals surface area (Å²) >= 11 is 0. The fraction of sp³-hybridized carbons (Fsp3) is 0.538. The minimum absolute atomic E-state index is 0. The van der Waals surface area contributed by atoms with Crippen LogP contribution in [0, 0.1) is 5.92 Å². The number of hydrogen-bond donors (Lipinski definition) is 1. The molecule has 0 radical (unpaired) electrons. The van der Waals surface area contributed by atoms with Crippen LogP contribution >= 0.6 is 17.0 Å². The van der Waals surface area contributed by atoms with E-state index in [4.69, 9.17) is 9.47 Å². The molecule has 1 N–H and O–H groups in total. The monoisotopic (exact) mass is 301 g/mol. The summed E-state index contributed by atoms with van der Waals surface area (Å²) in [5.74, 6) is 2.48. The van der Waals surface area contributed by atoms with E-state index in [1.165, 1.54) is 25.1 Å². The molecule has 1 fully saturated rings. The van der Waals surface area contributed by atoms with E-state index in [0.29, 0.717) is 0 Å². The molecule has 1 aromatic carbocycles. The maximum Gasteiger partial charge on any atom is 0.160 e. The Morgan fingerprint density at radius 2 is 1.88 bits per heavy atom. The molecule has 0 bridgehead atoms. The molecule has 1 saturated heterocycles. The maximum absolute atomic E-state index is 5.29. The molecule has 4 heteroatoms. The summed E-state index contributed by atoms with van der Waals surface area (Å²) < 4.78 is 10.5. The Balaban J connectivity index is 0.00000144. The van der Waals surface area contributed by atoms with Gasteiger partial charge in [-0.3, -0.25) is 0 Å². The van der Waals surface area contributed by atoms with E-state index in [-0.39, 0.29) is 17.0 Å². The van der Waals surface area contributed by atoms with Gasteiger partial charge in [-0.25, -0.2) is 0 Å². The maximum atomic E-state index is 5.29. The fourth-order valence-electron chi connectivity index (χ4n) is 1.96. The van der Waals surface area contributed by atoms with Crippen molar-refractivity contribution in [1.29, 1.82) is 0 Å². The van der Waals surface area contributed by atoms with E-state index in [0.717, 1.165) is 23.8 Å². The van der Waals surface area contributed by atoms with Gasteiger partial charge in [-0.2, -0.15) is 0 Å². The average Bonchev–Trinajstić information content (AvgIpc) is 2.26. The van der Waals surface area contributed by atoms with Crippen LogP contribution in [0.15, 0.2) is 18.2 Å². The number of aryl methyl sites for hydroxylation is 1. The molecule has 17 heavy (non-hydrogen) atoms. The third-order valence-corrected chi connectivity index (χ3v) is 3.16. The third kappa shape index (κ3) is 3.61. The molecule has 1 heterocycles. The van der Waals surface area contributed by atoms with Crippen LogP contribution < -0.4 is 14.8 Å². The number of rotatable bonds is 5. The smallest absolute Gasteiger partial charge is 0.160 e. The standard InChI is InChI=1S/C13H19NO2.BrH/c1-15-12-6-5-10(7-13(12)16-2)3-4-11-8-14-9-11;/h5-7,11,14H,3-4,8-9H2,1-2H3;1H. The predicted octanol–water partition coefficient (Wildman–Crippen LogP) is 2.43. The first kappa shape index (κ1) is 14.3. The number of benzene rings is 1. The van der Waals surface area contributed by atoms with Crippen LogP contribution in [0.25, 0.3) is 0 Å². The lowest BCUT2D eigenvalue weighted by atomic mass is 9.95. The van der Waals surface area contributed by atoms with Crippen LogP contribution in [0.3, 0.4) is 0 Å². The van der Waals surface area contributed by atoms with Crippen molar-refractivity contribution in [3.63, 3.8) is 0 Å². The highest BCUT2D eigenvalue weighted by Gasteiger charge is 2.16. The molecule has 0 atom stereocenters. The molecule has 0 unspecified atom stereocenters. The molecule has 3 nitrogen and oxygen atoms in total. The first-order chi connectivity index (χ1) is 7.83. The SMILES string of the molecule is Br.COc1ccc(CCC2CNC2)cc1OC. The van der Waals surface area contributed by atoms with Crippen LogP contribution in [0.2, 0.25) is 0 Å². The predicted molar refractivity (Wildman–Crippen MR) is 74.5 cm³/mol. The van der Waals surface area contributed by atoms with Gasteiger partial charge in [-0.05, 0) is 49.5 Å². The van der Waals surface area contributed by atoms with Crippen LogP contribution in [0.1, 0.15) is 12.0 Å². The van der Waals surface area contributed by atoms with Crippen LogP contribution in [-0.4, -0.2) is 27.3 Å². The number of nitrogens with one attached hydrogen (secondary N) is 1. The molecule has 1 aliphatic rings. The Bertz CT molecular complexity index is 353. The van der Waals surface area contributed by atoms with Crippen molar-refractivity contribution >= 4 is 17.0 Å². The molecule has 2 rings (SSSR count). The summed E-state index contributed by atoms with van der Waals surface area (Å²) in [6.07, 6.45) is 2.37. The second kappa shape index (κ2) is 6.87. The van der Waals surface area contributed by atoms with Gasteiger partial charge < -0.3 is 14.8 Å². The largest absolute Gasteiger partial charge is 0.493 e. The van der Waals surface area contributed by atoms with E-state index in [2.05, 4.69) is 17.4 Å². The lowest BCUT2D eigenvalue weighted by molar-refractivity contribution is 0.327.